The molecule has 1 aliphatic carbocycles. The van der Waals surface area contributed by atoms with Crippen molar-refractivity contribution in [1.29, 1.82) is 0 Å². The van der Waals surface area contributed by atoms with E-state index in [0.29, 0.717) is 17.5 Å². The second kappa shape index (κ2) is 5.11. The summed E-state index contributed by atoms with van der Waals surface area (Å²) in [5.41, 5.74) is -0.185. The fourth-order valence-electron chi connectivity index (χ4n) is 2.26. The maximum absolute atomic E-state index is 11.7. The number of hydrogen-bond donors (Lipinski definition) is 0. The van der Waals surface area contributed by atoms with Crippen LogP contribution in [-0.2, 0) is 13.7 Å². The first-order valence-corrected chi connectivity index (χ1v) is 6.75. The van der Waals surface area contributed by atoms with Crippen molar-refractivity contribution in [2.24, 2.45) is 7.05 Å². The van der Waals surface area contributed by atoms with E-state index in [1.54, 1.807) is 6.92 Å². The van der Waals surface area contributed by atoms with Gasteiger partial charge in [0.05, 0.1) is 0 Å². The molecule has 0 aliphatic heterocycles. The van der Waals surface area contributed by atoms with E-state index in [0.717, 1.165) is 5.82 Å². The zero-order valence-corrected chi connectivity index (χ0v) is 11.6. The van der Waals surface area contributed by atoms with E-state index >= 15 is 0 Å². The smallest absolute Gasteiger partial charge is 0.226 e. The van der Waals surface area contributed by atoms with Crippen molar-refractivity contribution < 1.29 is 9.15 Å². The van der Waals surface area contributed by atoms with Crippen molar-refractivity contribution >= 4 is 0 Å². The number of hydrogen-bond acceptors (Lipinski definition) is 5. The van der Waals surface area contributed by atoms with Crippen LogP contribution in [0.4, 0.5) is 0 Å². The highest BCUT2D eigenvalue weighted by Crippen LogP contribution is 2.35. The minimum absolute atomic E-state index is 0.185. The topological polar surface area (TPSA) is 70.2 Å². The summed E-state index contributed by atoms with van der Waals surface area (Å²) in [6, 6.07) is 1.41. The van der Waals surface area contributed by atoms with Crippen molar-refractivity contribution in [3.05, 3.63) is 40.0 Å². The summed E-state index contributed by atoms with van der Waals surface area (Å²) < 4.78 is 12.6. The molecule has 2 heterocycles. The summed E-state index contributed by atoms with van der Waals surface area (Å²) in [4.78, 5) is 11.7. The van der Waals surface area contributed by atoms with Crippen molar-refractivity contribution in [2.45, 2.75) is 38.7 Å². The molecule has 106 valence electrons. The molecule has 3 rings (SSSR count). The van der Waals surface area contributed by atoms with Gasteiger partial charge in [0.1, 0.15) is 24.5 Å². The van der Waals surface area contributed by atoms with Crippen LogP contribution in [0.1, 0.15) is 42.6 Å². The Hall–Kier alpha value is -2.11. The Balaban J connectivity index is 1.72. The maximum Gasteiger partial charge on any atom is 0.226 e. The molecule has 0 saturated heterocycles. The summed E-state index contributed by atoms with van der Waals surface area (Å²) >= 11 is 0. The molecule has 0 atom stereocenters. The van der Waals surface area contributed by atoms with Gasteiger partial charge in [0.15, 0.2) is 5.82 Å². The maximum atomic E-state index is 11.7. The van der Waals surface area contributed by atoms with E-state index in [-0.39, 0.29) is 17.8 Å². The third-order valence-electron chi connectivity index (χ3n) is 3.75. The van der Waals surface area contributed by atoms with Crippen molar-refractivity contribution in [3.8, 4) is 5.75 Å². The van der Waals surface area contributed by atoms with E-state index in [9.17, 15) is 4.79 Å². The van der Waals surface area contributed by atoms with E-state index in [1.165, 1.54) is 31.6 Å². The molecule has 1 fully saturated rings. The lowest BCUT2D eigenvalue weighted by Crippen LogP contribution is -2.15. The minimum Gasteiger partial charge on any atom is -0.478 e. The summed E-state index contributed by atoms with van der Waals surface area (Å²) in [6.45, 7) is 1.93. The van der Waals surface area contributed by atoms with E-state index < -0.39 is 0 Å². The molecule has 0 bridgehead atoms. The predicted molar refractivity (Wildman–Crippen MR) is 71.6 cm³/mol. The molecule has 6 nitrogen and oxygen atoms in total. The molecule has 0 amide bonds. The molecule has 0 aromatic carbocycles. The first-order chi connectivity index (χ1) is 9.65. The number of aryl methyl sites for hydroxylation is 1. The molecular formula is C14H17N3O3. The normalized spacial score (nSPS) is 15.1. The van der Waals surface area contributed by atoms with Crippen molar-refractivity contribution in [2.75, 3.05) is 0 Å². The zero-order chi connectivity index (χ0) is 14.1. The van der Waals surface area contributed by atoms with Gasteiger partial charge >= 0.3 is 0 Å². The summed E-state index contributed by atoms with van der Waals surface area (Å²) in [5, 5.41) is 8.35. The fourth-order valence-corrected chi connectivity index (χ4v) is 2.26. The lowest BCUT2D eigenvalue weighted by molar-refractivity contribution is 0.276. The van der Waals surface area contributed by atoms with Crippen molar-refractivity contribution in [3.63, 3.8) is 0 Å². The summed E-state index contributed by atoms with van der Waals surface area (Å²) in [5.74, 6) is 3.00. The molecule has 0 spiro atoms. The van der Waals surface area contributed by atoms with Gasteiger partial charge in [-0.3, -0.25) is 4.79 Å². The number of aromatic nitrogens is 3. The molecule has 0 unspecified atom stereocenters. The molecule has 1 saturated carbocycles. The highest BCUT2D eigenvalue weighted by atomic mass is 16.5. The standard InChI is InChI=1S/C14H17N3O3/c1-9-6-11(18)12(7-19-9)20-8-13-15-16-14(17(13)2)10-4-3-5-10/h6-7,10H,3-5,8H2,1-2H3. The number of rotatable bonds is 4. The van der Waals surface area contributed by atoms with Gasteiger partial charge in [-0.1, -0.05) is 6.42 Å². The Morgan fingerprint density at radius 3 is 2.90 bits per heavy atom. The highest BCUT2D eigenvalue weighted by molar-refractivity contribution is 5.17. The first kappa shape index (κ1) is 12.9. The van der Waals surface area contributed by atoms with Gasteiger partial charge in [-0.25, -0.2) is 0 Å². The van der Waals surface area contributed by atoms with Gasteiger partial charge in [-0.05, 0) is 19.8 Å². The third kappa shape index (κ3) is 2.33. The SMILES string of the molecule is Cc1cc(=O)c(OCc2nnc(C3CCC3)n2C)co1. The Morgan fingerprint density at radius 1 is 1.45 bits per heavy atom. The van der Waals surface area contributed by atoms with Crippen LogP contribution in [0, 0.1) is 6.92 Å². The minimum atomic E-state index is -0.185. The molecule has 20 heavy (non-hydrogen) atoms. The Bertz CT molecular complexity index is 671. The average molecular weight is 275 g/mol. The zero-order valence-electron chi connectivity index (χ0n) is 11.6. The molecule has 0 N–H and O–H groups in total. The molecule has 0 radical (unpaired) electrons. The molecule has 2 aromatic heterocycles. The van der Waals surface area contributed by atoms with Gasteiger partial charge in [0.2, 0.25) is 11.2 Å². The van der Waals surface area contributed by atoms with Gasteiger partial charge in [0, 0.05) is 19.0 Å². The van der Waals surface area contributed by atoms with Crippen LogP contribution < -0.4 is 10.2 Å². The van der Waals surface area contributed by atoms with Crippen LogP contribution in [0.25, 0.3) is 0 Å². The first-order valence-electron chi connectivity index (χ1n) is 6.75. The fraction of sp³-hybridized carbons (Fsp3) is 0.500. The number of ether oxygens (including phenoxy) is 1. The van der Waals surface area contributed by atoms with Gasteiger partial charge in [0.25, 0.3) is 0 Å². The molecule has 6 heteroatoms. The van der Waals surface area contributed by atoms with E-state index in [4.69, 9.17) is 9.15 Å². The summed E-state index contributed by atoms with van der Waals surface area (Å²) in [6.07, 6.45) is 4.94. The monoisotopic (exact) mass is 275 g/mol. The highest BCUT2D eigenvalue weighted by Gasteiger charge is 2.25. The second-order valence-electron chi connectivity index (χ2n) is 5.17. The van der Waals surface area contributed by atoms with Crippen LogP contribution in [0.3, 0.4) is 0 Å². The average Bonchev–Trinajstić information content (AvgIpc) is 2.69. The van der Waals surface area contributed by atoms with Crippen LogP contribution in [-0.4, -0.2) is 14.8 Å². The van der Waals surface area contributed by atoms with Gasteiger partial charge in [-0.2, -0.15) is 0 Å². The van der Waals surface area contributed by atoms with Gasteiger partial charge in [-0.15, -0.1) is 10.2 Å². The van der Waals surface area contributed by atoms with Crippen LogP contribution in [0.2, 0.25) is 0 Å². The Labute approximate surface area is 116 Å². The van der Waals surface area contributed by atoms with E-state index in [1.807, 2.05) is 11.6 Å². The summed E-state index contributed by atoms with van der Waals surface area (Å²) in [7, 11) is 1.93. The van der Waals surface area contributed by atoms with Crippen molar-refractivity contribution in [1.82, 2.24) is 14.8 Å². The third-order valence-corrected chi connectivity index (χ3v) is 3.75. The predicted octanol–water partition coefficient (Wildman–Crippen LogP) is 1.92. The van der Waals surface area contributed by atoms with Crippen LogP contribution >= 0.6 is 0 Å². The largest absolute Gasteiger partial charge is 0.478 e. The molecule has 2 aromatic rings. The Kier molecular flexibility index (Phi) is 3.30. The van der Waals surface area contributed by atoms with Gasteiger partial charge < -0.3 is 13.7 Å². The number of nitrogens with zero attached hydrogens (tertiary/aromatic N) is 3. The molecular weight excluding hydrogens is 258 g/mol. The van der Waals surface area contributed by atoms with E-state index in [2.05, 4.69) is 10.2 Å². The molecule has 1 aliphatic rings. The van der Waals surface area contributed by atoms with Crippen LogP contribution in [0.5, 0.6) is 5.75 Å². The second-order valence-corrected chi connectivity index (χ2v) is 5.17. The quantitative estimate of drug-likeness (QED) is 0.852. The Morgan fingerprint density at radius 2 is 2.25 bits per heavy atom. The van der Waals surface area contributed by atoms with Crippen LogP contribution in [0.15, 0.2) is 21.5 Å². The lowest BCUT2D eigenvalue weighted by Gasteiger charge is -2.24. The lowest BCUT2D eigenvalue weighted by atomic mass is 9.85.